The van der Waals surface area contributed by atoms with Crippen LogP contribution in [0.15, 0.2) is 22.7 Å². The second-order valence-corrected chi connectivity index (χ2v) is 6.79. The molecule has 0 saturated heterocycles. The number of aliphatic carboxylic acids is 1. The molecular weight excluding hydrogens is 353 g/mol. The van der Waals surface area contributed by atoms with E-state index in [1.54, 1.807) is 19.1 Å². The first-order chi connectivity index (χ1) is 10.3. The fourth-order valence-electron chi connectivity index (χ4n) is 2.84. The number of carboxylic acid groups (broad SMARTS) is 1. The number of nitrogens with one attached hydrogen (secondary N) is 1. The van der Waals surface area contributed by atoms with Crippen molar-refractivity contribution in [2.24, 2.45) is 5.92 Å². The molecule has 2 N–H and O–H groups in total. The minimum absolute atomic E-state index is 0.273. The molecule has 6 heteroatoms. The average molecular weight is 372 g/mol. The maximum Gasteiger partial charge on any atom is 0.329 e. The maximum absolute atomic E-state index is 13.2. The highest BCUT2D eigenvalue weighted by Gasteiger charge is 2.43. The Balaban J connectivity index is 2.02. The second-order valence-electron chi connectivity index (χ2n) is 5.94. The van der Waals surface area contributed by atoms with Crippen molar-refractivity contribution in [3.8, 4) is 0 Å². The van der Waals surface area contributed by atoms with Crippen molar-refractivity contribution in [3.63, 3.8) is 0 Å². The Kier molecular flexibility index (Phi) is 5.21. The Morgan fingerprint density at radius 2 is 2.05 bits per heavy atom. The quantitative estimate of drug-likeness (QED) is 0.834. The van der Waals surface area contributed by atoms with Crippen LogP contribution in [0, 0.1) is 11.7 Å². The fourth-order valence-corrected chi connectivity index (χ4v) is 3.27. The lowest BCUT2D eigenvalue weighted by Crippen LogP contribution is -2.54. The van der Waals surface area contributed by atoms with E-state index in [1.165, 1.54) is 6.07 Å². The minimum atomic E-state index is -1.12. The molecule has 0 aromatic heterocycles. The molecule has 22 heavy (non-hydrogen) atoms. The van der Waals surface area contributed by atoms with E-state index < -0.39 is 11.5 Å². The number of hydrogen-bond donors (Lipinski definition) is 2. The Bertz CT molecular complexity index is 585. The Labute approximate surface area is 137 Å². The Morgan fingerprint density at radius 1 is 1.41 bits per heavy atom. The van der Waals surface area contributed by atoms with Crippen LogP contribution in [0.1, 0.15) is 38.2 Å². The van der Waals surface area contributed by atoms with Gasteiger partial charge in [0.2, 0.25) is 5.91 Å². The lowest BCUT2D eigenvalue weighted by molar-refractivity contribution is -0.148. The van der Waals surface area contributed by atoms with Crippen LogP contribution in [-0.2, 0) is 16.0 Å². The summed E-state index contributed by atoms with van der Waals surface area (Å²) in [5.74, 6) is -1.97. The van der Waals surface area contributed by atoms with Crippen LogP contribution in [0.5, 0.6) is 0 Å². The van der Waals surface area contributed by atoms with Gasteiger partial charge in [-0.1, -0.05) is 25.8 Å². The normalized spacial score (nSPS) is 18.0. The topological polar surface area (TPSA) is 66.4 Å². The van der Waals surface area contributed by atoms with Gasteiger partial charge in [0.05, 0.1) is 4.47 Å². The number of carbonyl (C=O) groups excluding carboxylic acids is 1. The van der Waals surface area contributed by atoms with Gasteiger partial charge in [-0.3, -0.25) is 4.79 Å². The largest absolute Gasteiger partial charge is 0.480 e. The van der Waals surface area contributed by atoms with E-state index in [1.807, 2.05) is 0 Å². The molecule has 0 bridgehead atoms. The van der Waals surface area contributed by atoms with Crippen molar-refractivity contribution in [1.82, 2.24) is 5.32 Å². The highest BCUT2D eigenvalue weighted by molar-refractivity contribution is 9.10. The summed E-state index contributed by atoms with van der Waals surface area (Å²) >= 11 is 3.12. The van der Waals surface area contributed by atoms with Gasteiger partial charge < -0.3 is 10.4 Å². The molecule has 1 unspecified atom stereocenters. The zero-order valence-corrected chi connectivity index (χ0v) is 14.0. The third-order valence-corrected chi connectivity index (χ3v) is 4.81. The van der Waals surface area contributed by atoms with E-state index >= 15 is 0 Å². The summed E-state index contributed by atoms with van der Waals surface area (Å²) in [6.45, 7) is 1.75. The van der Waals surface area contributed by atoms with Crippen molar-refractivity contribution >= 4 is 27.8 Å². The molecule has 1 aromatic rings. The number of carbonyl (C=O) groups is 2. The molecule has 1 fully saturated rings. The first kappa shape index (κ1) is 16.9. The van der Waals surface area contributed by atoms with Crippen molar-refractivity contribution in [2.45, 2.75) is 44.6 Å². The van der Waals surface area contributed by atoms with Crippen molar-refractivity contribution < 1.29 is 19.1 Å². The van der Waals surface area contributed by atoms with E-state index in [4.69, 9.17) is 0 Å². The smallest absolute Gasteiger partial charge is 0.329 e. The molecule has 1 aromatic carbocycles. The van der Waals surface area contributed by atoms with Crippen molar-refractivity contribution in [2.75, 3.05) is 0 Å². The fraction of sp³-hybridized carbons (Fsp3) is 0.500. The van der Waals surface area contributed by atoms with Crippen LogP contribution < -0.4 is 5.32 Å². The molecule has 0 spiro atoms. The van der Waals surface area contributed by atoms with Gasteiger partial charge in [-0.05, 0) is 52.9 Å². The molecule has 0 radical (unpaired) electrons. The molecule has 1 atom stereocenters. The minimum Gasteiger partial charge on any atom is -0.480 e. The zero-order valence-electron chi connectivity index (χ0n) is 12.4. The number of halogens is 2. The summed E-state index contributed by atoms with van der Waals surface area (Å²) in [5, 5.41) is 12.1. The van der Waals surface area contributed by atoms with Gasteiger partial charge in [-0.15, -0.1) is 0 Å². The summed E-state index contributed by atoms with van der Waals surface area (Å²) in [6, 6.07) is 4.62. The van der Waals surface area contributed by atoms with Gasteiger partial charge in [0.15, 0.2) is 0 Å². The second kappa shape index (κ2) is 6.77. The molecule has 1 saturated carbocycles. The number of rotatable bonds is 5. The molecule has 1 aliphatic rings. The van der Waals surface area contributed by atoms with Gasteiger partial charge in [0.1, 0.15) is 11.4 Å². The van der Waals surface area contributed by atoms with Gasteiger partial charge in [-0.2, -0.15) is 0 Å². The van der Waals surface area contributed by atoms with Crippen LogP contribution in [0.2, 0.25) is 0 Å². The standard InChI is InChI=1S/C16H19BrFNO3/c1-10(8-11-4-5-13(18)12(17)9-11)14(20)19-16(15(21)22)6-2-3-7-16/h4-5,9-10H,2-3,6-8H2,1H3,(H,19,20)(H,21,22). The molecular formula is C16H19BrFNO3. The number of benzene rings is 1. The van der Waals surface area contributed by atoms with E-state index in [9.17, 15) is 19.1 Å². The average Bonchev–Trinajstić information content (AvgIpc) is 2.92. The van der Waals surface area contributed by atoms with E-state index in [2.05, 4.69) is 21.2 Å². The third kappa shape index (κ3) is 3.66. The monoisotopic (exact) mass is 371 g/mol. The zero-order chi connectivity index (χ0) is 16.3. The molecule has 0 aliphatic heterocycles. The van der Waals surface area contributed by atoms with Crippen LogP contribution in [0.25, 0.3) is 0 Å². The predicted molar refractivity (Wildman–Crippen MR) is 83.9 cm³/mol. The Morgan fingerprint density at radius 3 is 2.59 bits per heavy atom. The lowest BCUT2D eigenvalue weighted by Gasteiger charge is -2.27. The molecule has 1 amide bonds. The molecule has 120 valence electrons. The first-order valence-corrected chi connectivity index (χ1v) is 8.13. The maximum atomic E-state index is 13.2. The van der Waals surface area contributed by atoms with Crippen molar-refractivity contribution in [3.05, 3.63) is 34.1 Å². The first-order valence-electron chi connectivity index (χ1n) is 7.33. The van der Waals surface area contributed by atoms with Crippen LogP contribution in [-0.4, -0.2) is 22.5 Å². The lowest BCUT2D eigenvalue weighted by atomic mass is 9.94. The predicted octanol–water partition coefficient (Wildman–Crippen LogP) is 3.28. The van der Waals surface area contributed by atoms with E-state index in [-0.39, 0.29) is 17.6 Å². The molecule has 4 nitrogen and oxygen atoms in total. The molecule has 1 aliphatic carbocycles. The third-order valence-electron chi connectivity index (χ3n) is 4.20. The number of amides is 1. The van der Waals surface area contributed by atoms with Crippen LogP contribution in [0.3, 0.4) is 0 Å². The number of carboxylic acids is 1. The molecule has 0 heterocycles. The Hall–Kier alpha value is -1.43. The van der Waals surface area contributed by atoms with Gasteiger partial charge in [-0.25, -0.2) is 9.18 Å². The van der Waals surface area contributed by atoms with Crippen LogP contribution >= 0.6 is 15.9 Å². The number of hydrogen-bond acceptors (Lipinski definition) is 2. The van der Waals surface area contributed by atoms with E-state index in [0.29, 0.717) is 23.7 Å². The summed E-state index contributed by atoms with van der Waals surface area (Å²) in [7, 11) is 0. The van der Waals surface area contributed by atoms with Gasteiger partial charge in [0.25, 0.3) is 0 Å². The van der Waals surface area contributed by atoms with Crippen LogP contribution in [0.4, 0.5) is 4.39 Å². The van der Waals surface area contributed by atoms with Gasteiger partial charge >= 0.3 is 5.97 Å². The summed E-state index contributed by atoms with van der Waals surface area (Å²) in [5.41, 5.74) is -0.291. The van der Waals surface area contributed by atoms with Gasteiger partial charge in [0, 0.05) is 5.92 Å². The highest BCUT2D eigenvalue weighted by Crippen LogP contribution is 2.30. The summed E-state index contributed by atoms with van der Waals surface area (Å²) in [6.07, 6.45) is 3.00. The summed E-state index contributed by atoms with van der Waals surface area (Å²) < 4.78 is 13.6. The summed E-state index contributed by atoms with van der Waals surface area (Å²) in [4.78, 5) is 23.8. The van der Waals surface area contributed by atoms with Crippen molar-refractivity contribution in [1.29, 1.82) is 0 Å². The highest BCUT2D eigenvalue weighted by atomic mass is 79.9. The SMILES string of the molecule is CC(Cc1ccc(F)c(Br)c1)C(=O)NC1(C(=O)O)CCCC1. The molecule has 2 rings (SSSR count). The van der Waals surface area contributed by atoms with E-state index in [0.717, 1.165) is 18.4 Å².